The lowest BCUT2D eigenvalue weighted by Crippen LogP contribution is -2.24. The van der Waals surface area contributed by atoms with Crippen LogP contribution >= 0.6 is 23.1 Å². The molecule has 0 aliphatic rings. The van der Waals surface area contributed by atoms with E-state index in [0.717, 1.165) is 29.9 Å². The second-order valence-corrected chi connectivity index (χ2v) is 7.45. The Morgan fingerprint density at radius 2 is 2.22 bits per heavy atom. The van der Waals surface area contributed by atoms with Crippen LogP contribution in [0.4, 0.5) is 0 Å². The summed E-state index contributed by atoms with van der Waals surface area (Å²) >= 11 is 2.64. The van der Waals surface area contributed by atoms with Gasteiger partial charge in [-0.15, -0.1) is 11.3 Å². The number of thiophene rings is 1. The predicted octanol–water partition coefficient (Wildman–Crippen LogP) is 1.87. The summed E-state index contributed by atoms with van der Waals surface area (Å²) in [7, 11) is -3.56. The summed E-state index contributed by atoms with van der Waals surface area (Å²) in [6.45, 7) is 0.378. The summed E-state index contributed by atoms with van der Waals surface area (Å²) in [5.41, 5.74) is 0.00255. The number of thioether (sulfide) groups is 1. The maximum Gasteiger partial charge on any atom is 0.336 e. The van der Waals surface area contributed by atoms with Crippen molar-refractivity contribution in [2.24, 2.45) is 0 Å². The molecule has 8 heteroatoms. The molecule has 0 radical (unpaired) electrons. The Balaban J connectivity index is 2.54. The average molecular weight is 309 g/mol. The highest BCUT2D eigenvalue weighted by atomic mass is 32.2. The Labute approximate surface area is 115 Å². The van der Waals surface area contributed by atoms with Crippen molar-refractivity contribution in [3.05, 3.63) is 17.0 Å². The molecule has 0 saturated carbocycles. The SMILES string of the molecule is CSCCCCNS(=O)(=O)c1cc(C(=O)O)cs1. The molecular weight excluding hydrogens is 294 g/mol. The van der Waals surface area contributed by atoms with E-state index in [1.807, 2.05) is 6.26 Å². The highest BCUT2D eigenvalue weighted by Crippen LogP contribution is 2.20. The molecule has 1 aromatic rings. The topological polar surface area (TPSA) is 83.5 Å². The molecule has 18 heavy (non-hydrogen) atoms. The van der Waals surface area contributed by atoms with E-state index in [0.29, 0.717) is 6.54 Å². The number of aromatic carboxylic acids is 1. The van der Waals surface area contributed by atoms with Gasteiger partial charge in [-0.05, 0) is 30.9 Å². The predicted molar refractivity (Wildman–Crippen MR) is 74.1 cm³/mol. The second kappa shape index (κ2) is 7.13. The molecule has 102 valence electrons. The number of hydrogen-bond acceptors (Lipinski definition) is 5. The first-order chi connectivity index (χ1) is 8.47. The molecule has 0 spiro atoms. The molecule has 0 aliphatic heterocycles. The first-order valence-corrected chi connectivity index (χ1v) is 9.03. The van der Waals surface area contributed by atoms with Gasteiger partial charge in [-0.1, -0.05) is 0 Å². The molecule has 1 aromatic heterocycles. The first-order valence-electron chi connectivity index (χ1n) is 5.28. The molecule has 0 aliphatic carbocycles. The fourth-order valence-corrected chi connectivity index (χ4v) is 3.98. The van der Waals surface area contributed by atoms with Crippen LogP contribution in [0.25, 0.3) is 0 Å². The largest absolute Gasteiger partial charge is 0.478 e. The third-order valence-electron chi connectivity index (χ3n) is 2.15. The number of carboxylic acids is 1. The van der Waals surface area contributed by atoms with Crippen molar-refractivity contribution >= 4 is 39.1 Å². The Morgan fingerprint density at radius 1 is 1.50 bits per heavy atom. The normalized spacial score (nSPS) is 11.6. The van der Waals surface area contributed by atoms with Crippen molar-refractivity contribution in [1.29, 1.82) is 0 Å². The lowest BCUT2D eigenvalue weighted by atomic mass is 10.3. The van der Waals surface area contributed by atoms with Gasteiger partial charge < -0.3 is 5.11 Å². The van der Waals surface area contributed by atoms with Gasteiger partial charge >= 0.3 is 5.97 Å². The highest BCUT2D eigenvalue weighted by molar-refractivity contribution is 7.98. The van der Waals surface area contributed by atoms with Crippen molar-refractivity contribution in [3.8, 4) is 0 Å². The summed E-state index contributed by atoms with van der Waals surface area (Å²) in [4.78, 5) is 10.7. The molecule has 0 amide bonds. The second-order valence-electron chi connectivity index (χ2n) is 3.56. The number of unbranched alkanes of at least 4 members (excludes halogenated alkanes) is 1. The van der Waals surface area contributed by atoms with Gasteiger partial charge in [0.1, 0.15) is 4.21 Å². The van der Waals surface area contributed by atoms with Gasteiger partial charge in [-0.3, -0.25) is 0 Å². The van der Waals surface area contributed by atoms with Gasteiger partial charge in [-0.25, -0.2) is 17.9 Å². The lowest BCUT2D eigenvalue weighted by molar-refractivity contribution is 0.0697. The zero-order valence-corrected chi connectivity index (χ0v) is 12.3. The van der Waals surface area contributed by atoms with Crippen LogP contribution in [0.2, 0.25) is 0 Å². The standard InChI is InChI=1S/C10H15NO4S3/c1-16-5-3-2-4-11-18(14,15)9-6-8(7-17-9)10(12)13/h6-7,11H,2-5H2,1H3,(H,12,13). The molecule has 0 bridgehead atoms. The van der Waals surface area contributed by atoms with Crippen molar-refractivity contribution in [3.63, 3.8) is 0 Å². The fourth-order valence-electron chi connectivity index (χ4n) is 1.22. The van der Waals surface area contributed by atoms with E-state index in [-0.39, 0.29) is 9.77 Å². The average Bonchev–Trinajstić information content (AvgIpc) is 2.78. The summed E-state index contributed by atoms with van der Waals surface area (Å²) in [6, 6.07) is 1.18. The van der Waals surface area contributed by atoms with Crippen LogP contribution in [0.5, 0.6) is 0 Å². The molecule has 0 fully saturated rings. The monoisotopic (exact) mass is 309 g/mol. The molecule has 0 saturated heterocycles. The number of nitrogens with one attached hydrogen (secondary N) is 1. The van der Waals surface area contributed by atoms with E-state index in [1.165, 1.54) is 11.4 Å². The van der Waals surface area contributed by atoms with Gasteiger partial charge in [0.05, 0.1) is 5.56 Å². The molecule has 2 N–H and O–H groups in total. The maximum atomic E-state index is 11.8. The van der Waals surface area contributed by atoms with Crippen LogP contribution in [0.3, 0.4) is 0 Å². The smallest absolute Gasteiger partial charge is 0.336 e. The quantitative estimate of drug-likeness (QED) is 0.716. The van der Waals surface area contributed by atoms with Crippen LogP contribution in [-0.4, -0.2) is 38.0 Å². The van der Waals surface area contributed by atoms with Crippen LogP contribution in [0, 0.1) is 0 Å². The Bertz CT molecular complexity index is 495. The van der Waals surface area contributed by atoms with E-state index in [2.05, 4.69) is 4.72 Å². The van der Waals surface area contributed by atoms with Gasteiger partial charge in [0.15, 0.2) is 0 Å². The molecule has 0 aromatic carbocycles. The summed E-state index contributed by atoms with van der Waals surface area (Å²) in [5, 5.41) is 10.1. The molecular formula is C10H15NO4S3. The first kappa shape index (κ1) is 15.5. The van der Waals surface area contributed by atoms with Gasteiger partial charge in [0, 0.05) is 11.9 Å². The third-order valence-corrected chi connectivity index (χ3v) is 5.75. The molecule has 1 rings (SSSR count). The van der Waals surface area contributed by atoms with Crippen molar-refractivity contribution in [1.82, 2.24) is 4.72 Å². The van der Waals surface area contributed by atoms with Crippen LogP contribution in [0.1, 0.15) is 23.2 Å². The molecule has 5 nitrogen and oxygen atoms in total. The van der Waals surface area contributed by atoms with Crippen LogP contribution in [0.15, 0.2) is 15.7 Å². The minimum Gasteiger partial charge on any atom is -0.478 e. The van der Waals surface area contributed by atoms with Crippen LogP contribution < -0.4 is 4.72 Å². The van der Waals surface area contributed by atoms with E-state index < -0.39 is 16.0 Å². The van der Waals surface area contributed by atoms with E-state index in [9.17, 15) is 13.2 Å². The molecule has 0 unspecified atom stereocenters. The fraction of sp³-hybridized carbons (Fsp3) is 0.500. The molecule has 0 atom stereocenters. The summed E-state index contributed by atoms with van der Waals surface area (Å²) < 4.78 is 26.1. The van der Waals surface area contributed by atoms with Gasteiger partial charge in [-0.2, -0.15) is 11.8 Å². The van der Waals surface area contributed by atoms with Gasteiger partial charge in [0.2, 0.25) is 10.0 Å². The van der Waals surface area contributed by atoms with Crippen LogP contribution in [-0.2, 0) is 10.0 Å². The Morgan fingerprint density at radius 3 is 2.78 bits per heavy atom. The zero-order chi connectivity index (χ0) is 13.6. The number of sulfonamides is 1. The highest BCUT2D eigenvalue weighted by Gasteiger charge is 2.18. The van der Waals surface area contributed by atoms with Crippen molar-refractivity contribution < 1.29 is 18.3 Å². The molecule has 1 heterocycles. The van der Waals surface area contributed by atoms with E-state index >= 15 is 0 Å². The lowest BCUT2D eigenvalue weighted by Gasteiger charge is -2.03. The number of carbonyl (C=O) groups is 1. The van der Waals surface area contributed by atoms with E-state index in [1.54, 1.807) is 11.8 Å². The van der Waals surface area contributed by atoms with Gasteiger partial charge in [0.25, 0.3) is 0 Å². The summed E-state index contributed by atoms with van der Waals surface area (Å²) in [6.07, 6.45) is 3.73. The number of rotatable bonds is 8. The third kappa shape index (κ3) is 4.60. The zero-order valence-electron chi connectivity index (χ0n) is 9.88. The van der Waals surface area contributed by atoms with Crippen molar-refractivity contribution in [2.75, 3.05) is 18.6 Å². The summed E-state index contributed by atoms with van der Waals surface area (Å²) in [5.74, 6) is -0.114. The Hall–Kier alpha value is -0.570. The van der Waals surface area contributed by atoms with E-state index in [4.69, 9.17) is 5.11 Å². The maximum absolute atomic E-state index is 11.8. The minimum absolute atomic E-state index is 0.00255. The Kier molecular flexibility index (Phi) is 6.13. The minimum atomic E-state index is -3.56. The van der Waals surface area contributed by atoms with Crippen molar-refractivity contribution in [2.45, 2.75) is 17.1 Å². The number of carboxylic acid groups (broad SMARTS) is 1. The number of hydrogen-bond donors (Lipinski definition) is 2.